The van der Waals surface area contributed by atoms with Gasteiger partial charge in [0, 0.05) is 24.0 Å². The van der Waals surface area contributed by atoms with Gasteiger partial charge >= 0.3 is 0 Å². The van der Waals surface area contributed by atoms with Crippen molar-refractivity contribution in [1.82, 2.24) is 9.78 Å². The summed E-state index contributed by atoms with van der Waals surface area (Å²) in [5.74, 6) is -0.204. The first-order valence-electron chi connectivity index (χ1n) is 6.43. The molecule has 1 atom stereocenters. The van der Waals surface area contributed by atoms with E-state index in [0.29, 0.717) is 0 Å². The van der Waals surface area contributed by atoms with Crippen LogP contribution in [0.1, 0.15) is 35.5 Å². The molecular weight excluding hydrogens is 241 g/mol. The lowest BCUT2D eigenvalue weighted by Crippen LogP contribution is -2.10. The third-order valence-electron chi connectivity index (χ3n) is 3.56. The summed E-state index contributed by atoms with van der Waals surface area (Å²) < 4.78 is 15.0. The minimum Gasteiger partial charge on any atom is -0.378 e. The van der Waals surface area contributed by atoms with Gasteiger partial charge in [-0.2, -0.15) is 5.10 Å². The highest BCUT2D eigenvalue weighted by Gasteiger charge is 2.16. The number of aromatic nitrogens is 2. The topological polar surface area (TPSA) is 29.9 Å². The molecule has 102 valence electrons. The fraction of sp³-hybridized carbons (Fsp3) is 0.400. The first kappa shape index (κ1) is 13.6. The summed E-state index contributed by atoms with van der Waals surface area (Å²) in [6.45, 7) is 8.07. The number of anilines is 1. The molecule has 0 fully saturated rings. The van der Waals surface area contributed by atoms with Gasteiger partial charge in [0.15, 0.2) is 0 Å². The summed E-state index contributed by atoms with van der Waals surface area (Å²) in [4.78, 5) is 0. The maximum Gasteiger partial charge on any atom is 0.123 e. The standard InChI is InChI=1S/C15H20FN3/c1-9-8-13(16)6-7-14(9)17-10(2)15-11(3)18-19(5)12(15)4/h6-8,10,17H,1-5H3. The lowest BCUT2D eigenvalue weighted by Gasteiger charge is -2.18. The molecule has 0 saturated heterocycles. The Morgan fingerprint density at radius 2 is 1.95 bits per heavy atom. The molecule has 2 aromatic rings. The van der Waals surface area contributed by atoms with Crippen LogP contribution >= 0.6 is 0 Å². The maximum absolute atomic E-state index is 13.1. The van der Waals surface area contributed by atoms with Crippen LogP contribution in [0.4, 0.5) is 10.1 Å². The number of benzene rings is 1. The molecule has 0 spiro atoms. The molecule has 1 aromatic carbocycles. The Morgan fingerprint density at radius 1 is 1.26 bits per heavy atom. The van der Waals surface area contributed by atoms with E-state index in [-0.39, 0.29) is 11.9 Å². The van der Waals surface area contributed by atoms with Crippen molar-refractivity contribution in [3.63, 3.8) is 0 Å². The molecule has 1 heterocycles. The Hall–Kier alpha value is -1.84. The minimum absolute atomic E-state index is 0.137. The molecule has 19 heavy (non-hydrogen) atoms. The summed E-state index contributed by atoms with van der Waals surface area (Å²) in [5.41, 5.74) is 5.24. The molecule has 1 unspecified atom stereocenters. The second-order valence-corrected chi connectivity index (χ2v) is 5.03. The van der Waals surface area contributed by atoms with Crippen LogP contribution in [0, 0.1) is 26.6 Å². The Morgan fingerprint density at radius 3 is 2.47 bits per heavy atom. The van der Waals surface area contributed by atoms with E-state index in [2.05, 4.69) is 24.3 Å². The zero-order valence-electron chi connectivity index (χ0n) is 12.1. The molecule has 0 aliphatic heterocycles. The van der Waals surface area contributed by atoms with E-state index in [1.165, 1.54) is 17.7 Å². The zero-order valence-corrected chi connectivity index (χ0v) is 12.1. The average molecular weight is 261 g/mol. The Labute approximate surface area is 113 Å². The van der Waals surface area contributed by atoms with Crippen molar-refractivity contribution in [2.24, 2.45) is 7.05 Å². The number of halogens is 1. The van der Waals surface area contributed by atoms with Crippen LogP contribution in [-0.4, -0.2) is 9.78 Å². The Bertz CT molecular complexity index is 602. The molecule has 3 nitrogen and oxygen atoms in total. The highest BCUT2D eigenvalue weighted by Crippen LogP contribution is 2.26. The van der Waals surface area contributed by atoms with E-state index in [1.54, 1.807) is 6.07 Å². The molecule has 1 aromatic heterocycles. The number of aryl methyl sites for hydroxylation is 3. The average Bonchev–Trinajstić information content (AvgIpc) is 2.57. The van der Waals surface area contributed by atoms with Gasteiger partial charge in [0.05, 0.1) is 11.7 Å². The van der Waals surface area contributed by atoms with Crippen molar-refractivity contribution in [3.8, 4) is 0 Å². The van der Waals surface area contributed by atoms with Gasteiger partial charge in [-0.3, -0.25) is 4.68 Å². The van der Waals surface area contributed by atoms with E-state index >= 15 is 0 Å². The van der Waals surface area contributed by atoms with Gasteiger partial charge in [-0.15, -0.1) is 0 Å². The van der Waals surface area contributed by atoms with Crippen molar-refractivity contribution < 1.29 is 4.39 Å². The van der Waals surface area contributed by atoms with Crippen LogP contribution in [0.25, 0.3) is 0 Å². The lowest BCUT2D eigenvalue weighted by molar-refractivity contribution is 0.626. The minimum atomic E-state index is -0.204. The van der Waals surface area contributed by atoms with Crippen molar-refractivity contribution >= 4 is 5.69 Å². The predicted octanol–water partition coefficient (Wildman–Crippen LogP) is 3.66. The van der Waals surface area contributed by atoms with Gasteiger partial charge in [0.2, 0.25) is 0 Å². The predicted molar refractivity (Wildman–Crippen MR) is 75.9 cm³/mol. The number of rotatable bonds is 3. The van der Waals surface area contributed by atoms with Crippen molar-refractivity contribution in [1.29, 1.82) is 0 Å². The summed E-state index contributed by atoms with van der Waals surface area (Å²) >= 11 is 0. The van der Waals surface area contributed by atoms with Crippen LogP contribution in [0.15, 0.2) is 18.2 Å². The SMILES string of the molecule is Cc1cc(F)ccc1NC(C)c1c(C)nn(C)c1C. The fourth-order valence-electron chi connectivity index (χ4n) is 2.51. The molecule has 4 heteroatoms. The second-order valence-electron chi connectivity index (χ2n) is 5.03. The van der Waals surface area contributed by atoms with Crippen LogP contribution in [0.5, 0.6) is 0 Å². The third kappa shape index (κ3) is 2.62. The molecule has 2 rings (SSSR count). The van der Waals surface area contributed by atoms with Gasteiger partial charge in [-0.25, -0.2) is 4.39 Å². The molecule has 0 aliphatic carbocycles. The monoisotopic (exact) mass is 261 g/mol. The van der Waals surface area contributed by atoms with Gasteiger partial charge in [-0.05, 0) is 51.5 Å². The van der Waals surface area contributed by atoms with Gasteiger partial charge in [0.1, 0.15) is 5.82 Å². The summed E-state index contributed by atoms with van der Waals surface area (Å²) in [7, 11) is 1.95. The zero-order chi connectivity index (χ0) is 14.2. The molecule has 0 amide bonds. The first-order valence-corrected chi connectivity index (χ1v) is 6.43. The van der Waals surface area contributed by atoms with Gasteiger partial charge in [-0.1, -0.05) is 0 Å². The van der Waals surface area contributed by atoms with E-state index in [4.69, 9.17) is 0 Å². The lowest BCUT2D eigenvalue weighted by atomic mass is 10.1. The highest BCUT2D eigenvalue weighted by molar-refractivity contribution is 5.52. The largest absolute Gasteiger partial charge is 0.378 e. The number of hydrogen-bond donors (Lipinski definition) is 1. The van der Waals surface area contributed by atoms with Crippen molar-refractivity contribution in [2.45, 2.75) is 33.7 Å². The summed E-state index contributed by atoms with van der Waals surface area (Å²) in [5, 5.41) is 7.86. The van der Waals surface area contributed by atoms with Gasteiger partial charge < -0.3 is 5.32 Å². The fourth-order valence-corrected chi connectivity index (χ4v) is 2.51. The van der Waals surface area contributed by atoms with Crippen LogP contribution in [0.2, 0.25) is 0 Å². The van der Waals surface area contributed by atoms with Crippen LogP contribution in [0.3, 0.4) is 0 Å². The van der Waals surface area contributed by atoms with Gasteiger partial charge in [0.25, 0.3) is 0 Å². The first-order chi connectivity index (χ1) is 8.90. The summed E-state index contributed by atoms with van der Waals surface area (Å²) in [6.07, 6.45) is 0. The summed E-state index contributed by atoms with van der Waals surface area (Å²) in [6, 6.07) is 4.93. The number of hydrogen-bond acceptors (Lipinski definition) is 2. The molecule has 0 saturated carbocycles. The molecule has 0 bridgehead atoms. The van der Waals surface area contributed by atoms with E-state index in [1.807, 2.05) is 25.6 Å². The number of nitrogens with one attached hydrogen (secondary N) is 1. The molecule has 1 N–H and O–H groups in total. The second kappa shape index (κ2) is 5.03. The molecule has 0 aliphatic rings. The van der Waals surface area contributed by atoms with E-state index in [0.717, 1.165) is 22.6 Å². The van der Waals surface area contributed by atoms with Crippen LogP contribution in [-0.2, 0) is 7.05 Å². The van der Waals surface area contributed by atoms with Crippen LogP contribution < -0.4 is 5.32 Å². The quantitative estimate of drug-likeness (QED) is 0.913. The van der Waals surface area contributed by atoms with E-state index < -0.39 is 0 Å². The van der Waals surface area contributed by atoms with Crippen molar-refractivity contribution in [2.75, 3.05) is 5.32 Å². The Kier molecular flexibility index (Phi) is 3.60. The molecule has 0 radical (unpaired) electrons. The maximum atomic E-state index is 13.1. The van der Waals surface area contributed by atoms with Crippen molar-refractivity contribution in [3.05, 3.63) is 46.5 Å². The normalized spacial score (nSPS) is 12.5. The van der Waals surface area contributed by atoms with E-state index in [9.17, 15) is 4.39 Å². The third-order valence-corrected chi connectivity index (χ3v) is 3.56. The number of nitrogens with zero attached hydrogens (tertiary/aromatic N) is 2. The smallest absolute Gasteiger partial charge is 0.123 e. The Balaban J connectivity index is 2.28. The highest BCUT2D eigenvalue weighted by atomic mass is 19.1. The molecular formula is C15H20FN3.